The van der Waals surface area contributed by atoms with E-state index >= 15 is 0 Å². The maximum absolute atomic E-state index is 12.9. The average Bonchev–Trinajstić information content (AvgIpc) is 2.93. The second kappa shape index (κ2) is 7.83. The Bertz CT molecular complexity index is 947. The lowest BCUT2D eigenvalue weighted by Crippen LogP contribution is -2.26. The molecule has 26 heavy (non-hydrogen) atoms. The molecule has 0 saturated carbocycles. The van der Waals surface area contributed by atoms with Crippen LogP contribution in [0.4, 0.5) is 0 Å². The molecule has 136 valence electrons. The number of nitrogens with zero attached hydrogens (tertiary/aromatic N) is 1. The van der Waals surface area contributed by atoms with Gasteiger partial charge >= 0.3 is 0 Å². The summed E-state index contributed by atoms with van der Waals surface area (Å²) in [6, 6.07) is 13.5. The number of hydrogen-bond donors (Lipinski definition) is 1. The number of carbonyl (C=O) groups excluding carboxylic acids is 1. The van der Waals surface area contributed by atoms with Gasteiger partial charge in [-0.25, -0.2) is 0 Å². The van der Waals surface area contributed by atoms with Crippen LogP contribution >= 0.6 is 11.6 Å². The molecular formula is C21H23ClN2O2. The first-order valence-corrected chi connectivity index (χ1v) is 9.21. The molecule has 0 spiro atoms. The third-order valence-corrected chi connectivity index (χ3v) is 4.90. The standard InChI is InChI=1S/C21H23ClN2O2/c1-4-24-19-11-10-16(26-5-2)12-17(19)14(3)20(24)21(25)23-13-15-8-6-7-9-18(15)22/h6-12H,4-5,13H2,1-3H3,(H,23,25). The van der Waals surface area contributed by atoms with E-state index in [9.17, 15) is 4.79 Å². The van der Waals surface area contributed by atoms with Crippen molar-refractivity contribution in [1.82, 2.24) is 9.88 Å². The minimum absolute atomic E-state index is 0.0987. The lowest BCUT2D eigenvalue weighted by molar-refractivity contribution is 0.0941. The predicted molar refractivity (Wildman–Crippen MR) is 106 cm³/mol. The highest BCUT2D eigenvalue weighted by Crippen LogP contribution is 2.29. The Kier molecular flexibility index (Phi) is 5.52. The van der Waals surface area contributed by atoms with Crippen LogP contribution in [0.25, 0.3) is 10.9 Å². The summed E-state index contributed by atoms with van der Waals surface area (Å²) in [7, 11) is 0. The van der Waals surface area contributed by atoms with Crippen LogP contribution in [0.15, 0.2) is 42.5 Å². The zero-order valence-corrected chi connectivity index (χ0v) is 16.1. The van der Waals surface area contributed by atoms with E-state index in [1.807, 2.05) is 67.8 Å². The van der Waals surface area contributed by atoms with Crippen LogP contribution in [0, 0.1) is 6.92 Å². The summed E-state index contributed by atoms with van der Waals surface area (Å²) in [4.78, 5) is 12.9. The van der Waals surface area contributed by atoms with Crippen LogP contribution in [-0.4, -0.2) is 17.1 Å². The third-order valence-electron chi connectivity index (χ3n) is 4.53. The van der Waals surface area contributed by atoms with Crippen molar-refractivity contribution in [2.45, 2.75) is 33.9 Å². The number of benzene rings is 2. The number of aromatic nitrogens is 1. The molecule has 0 bridgehead atoms. The lowest BCUT2D eigenvalue weighted by atomic mass is 10.1. The first-order valence-electron chi connectivity index (χ1n) is 8.84. The number of hydrogen-bond acceptors (Lipinski definition) is 2. The molecule has 1 N–H and O–H groups in total. The van der Waals surface area contributed by atoms with E-state index in [0.29, 0.717) is 30.4 Å². The van der Waals surface area contributed by atoms with Crippen LogP contribution in [0.1, 0.15) is 35.5 Å². The second-order valence-electron chi connectivity index (χ2n) is 6.10. The van der Waals surface area contributed by atoms with Crippen molar-refractivity contribution in [3.8, 4) is 5.75 Å². The Morgan fingerprint density at radius 2 is 1.96 bits per heavy atom. The first kappa shape index (κ1) is 18.3. The lowest BCUT2D eigenvalue weighted by Gasteiger charge is -2.11. The maximum Gasteiger partial charge on any atom is 0.268 e. The van der Waals surface area contributed by atoms with E-state index in [0.717, 1.165) is 27.8 Å². The molecule has 1 amide bonds. The van der Waals surface area contributed by atoms with Crippen LogP contribution < -0.4 is 10.1 Å². The molecule has 3 rings (SSSR count). The van der Waals surface area contributed by atoms with Gasteiger partial charge in [0, 0.05) is 29.0 Å². The highest BCUT2D eigenvalue weighted by molar-refractivity contribution is 6.31. The van der Waals surface area contributed by atoms with Crippen molar-refractivity contribution in [3.05, 3.63) is 64.3 Å². The van der Waals surface area contributed by atoms with Gasteiger partial charge in [0.1, 0.15) is 11.4 Å². The molecular weight excluding hydrogens is 348 g/mol. The molecule has 2 aromatic carbocycles. The molecule has 0 radical (unpaired) electrons. The van der Waals surface area contributed by atoms with Gasteiger partial charge < -0.3 is 14.6 Å². The number of amides is 1. The van der Waals surface area contributed by atoms with Gasteiger partial charge in [0.05, 0.1) is 6.61 Å². The fraction of sp³-hybridized carbons (Fsp3) is 0.286. The van der Waals surface area contributed by atoms with Crippen molar-refractivity contribution in [1.29, 1.82) is 0 Å². The van der Waals surface area contributed by atoms with Crippen molar-refractivity contribution >= 4 is 28.4 Å². The Labute approximate surface area is 158 Å². The summed E-state index contributed by atoms with van der Waals surface area (Å²) in [5, 5.41) is 4.69. The minimum Gasteiger partial charge on any atom is -0.494 e. The van der Waals surface area contributed by atoms with Gasteiger partial charge in [-0.1, -0.05) is 29.8 Å². The van der Waals surface area contributed by atoms with E-state index < -0.39 is 0 Å². The number of nitrogens with one attached hydrogen (secondary N) is 1. The zero-order valence-electron chi connectivity index (χ0n) is 15.3. The van der Waals surface area contributed by atoms with Crippen LogP contribution in [0.5, 0.6) is 5.75 Å². The SMILES string of the molecule is CCOc1ccc2c(c1)c(C)c(C(=O)NCc1ccccc1Cl)n2CC. The van der Waals surface area contributed by atoms with Gasteiger partial charge in [-0.3, -0.25) is 4.79 Å². The Balaban J connectivity index is 1.94. The van der Waals surface area contributed by atoms with Gasteiger partial charge in [-0.2, -0.15) is 0 Å². The van der Waals surface area contributed by atoms with Gasteiger partial charge in [-0.05, 0) is 56.2 Å². The van der Waals surface area contributed by atoms with E-state index in [1.165, 1.54) is 0 Å². The Hall–Kier alpha value is -2.46. The molecule has 0 aliphatic carbocycles. The fourth-order valence-electron chi connectivity index (χ4n) is 3.28. The highest BCUT2D eigenvalue weighted by Gasteiger charge is 2.20. The number of carbonyl (C=O) groups is 1. The van der Waals surface area contributed by atoms with Gasteiger partial charge in [0.2, 0.25) is 0 Å². The smallest absolute Gasteiger partial charge is 0.268 e. The molecule has 0 saturated heterocycles. The van der Waals surface area contributed by atoms with Crippen molar-refractivity contribution in [2.24, 2.45) is 0 Å². The molecule has 0 aliphatic rings. The molecule has 0 aliphatic heterocycles. The minimum atomic E-state index is -0.0987. The first-order chi connectivity index (χ1) is 12.6. The number of ether oxygens (including phenoxy) is 1. The highest BCUT2D eigenvalue weighted by atomic mass is 35.5. The number of rotatable bonds is 6. The van der Waals surface area contributed by atoms with E-state index in [2.05, 4.69) is 5.32 Å². The van der Waals surface area contributed by atoms with E-state index in [1.54, 1.807) is 0 Å². The number of halogens is 1. The summed E-state index contributed by atoms with van der Waals surface area (Å²) >= 11 is 6.18. The summed E-state index contributed by atoms with van der Waals surface area (Å²) < 4.78 is 7.65. The Morgan fingerprint density at radius 1 is 1.19 bits per heavy atom. The summed E-state index contributed by atoms with van der Waals surface area (Å²) in [5.41, 5.74) is 3.58. The van der Waals surface area contributed by atoms with Crippen molar-refractivity contribution in [2.75, 3.05) is 6.61 Å². The van der Waals surface area contributed by atoms with Crippen LogP contribution in [0.2, 0.25) is 5.02 Å². The predicted octanol–water partition coefficient (Wildman–Crippen LogP) is 4.95. The number of fused-ring (bicyclic) bond motifs is 1. The fourth-order valence-corrected chi connectivity index (χ4v) is 3.48. The molecule has 0 fully saturated rings. The van der Waals surface area contributed by atoms with Gasteiger partial charge in [0.15, 0.2) is 0 Å². The summed E-state index contributed by atoms with van der Waals surface area (Å²) in [6.07, 6.45) is 0. The van der Waals surface area contributed by atoms with Crippen molar-refractivity contribution in [3.63, 3.8) is 0 Å². The molecule has 1 heterocycles. The summed E-state index contributed by atoms with van der Waals surface area (Å²) in [6.45, 7) is 7.71. The largest absolute Gasteiger partial charge is 0.494 e. The summed E-state index contributed by atoms with van der Waals surface area (Å²) in [5.74, 6) is 0.720. The zero-order chi connectivity index (χ0) is 18.7. The number of aryl methyl sites for hydroxylation is 2. The van der Waals surface area contributed by atoms with Gasteiger partial charge in [0.25, 0.3) is 5.91 Å². The molecule has 5 heteroatoms. The molecule has 4 nitrogen and oxygen atoms in total. The molecule has 0 atom stereocenters. The Morgan fingerprint density at radius 3 is 2.65 bits per heavy atom. The monoisotopic (exact) mass is 370 g/mol. The van der Waals surface area contributed by atoms with E-state index in [4.69, 9.17) is 16.3 Å². The molecule has 3 aromatic rings. The molecule has 1 aromatic heterocycles. The third kappa shape index (κ3) is 3.42. The quantitative estimate of drug-likeness (QED) is 0.667. The van der Waals surface area contributed by atoms with E-state index in [-0.39, 0.29) is 5.91 Å². The van der Waals surface area contributed by atoms with Crippen molar-refractivity contribution < 1.29 is 9.53 Å². The molecule has 0 unspecified atom stereocenters. The van der Waals surface area contributed by atoms with Gasteiger partial charge in [-0.15, -0.1) is 0 Å². The maximum atomic E-state index is 12.9. The van der Waals surface area contributed by atoms with Crippen LogP contribution in [-0.2, 0) is 13.1 Å². The van der Waals surface area contributed by atoms with Crippen LogP contribution in [0.3, 0.4) is 0 Å². The normalized spacial score (nSPS) is 10.9. The second-order valence-corrected chi connectivity index (χ2v) is 6.51. The average molecular weight is 371 g/mol. The topological polar surface area (TPSA) is 43.3 Å².